The van der Waals surface area contributed by atoms with Crippen molar-refractivity contribution in [3.8, 4) is 11.1 Å². The van der Waals surface area contributed by atoms with Crippen LogP contribution in [0.15, 0.2) is 60.7 Å². The Labute approximate surface area is 205 Å². The number of hydrogen-bond donors (Lipinski definition) is 3. The van der Waals surface area contributed by atoms with E-state index in [1.165, 1.54) is 11.1 Å². The molecule has 0 saturated carbocycles. The van der Waals surface area contributed by atoms with Gasteiger partial charge in [-0.3, -0.25) is 9.59 Å². The van der Waals surface area contributed by atoms with E-state index >= 15 is 0 Å². The van der Waals surface area contributed by atoms with Gasteiger partial charge in [0.05, 0.1) is 5.92 Å². The molecule has 2 aliphatic rings. The van der Waals surface area contributed by atoms with Gasteiger partial charge in [-0.15, -0.1) is 0 Å². The smallest absolute Gasteiger partial charge is 0.407 e. The highest BCUT2D eigenvalue weighted by molar-refractivity contribution is 5.80. The number of carbonyl (C=O) groups is 3. The van der Waals surface area contributed by atoms with Crippen molar-refractivity contribution in [1.82, 2.24) is 10.6 Å². The zero-order valence-electron chi connectivity index (χ0n) is 19.9. The molecule has 0 bridgehead atoms. The number of aliphatic carboxylic acids is 1. The summed E-state index contributed by atoms with van der Waals surface area (Å²) in [6.07, 6.45) is 5.49. The van der Waals surface area contributed by atoms with Crippen molar-refractivity contribution in [1.29, 1.82) is 0 Å². The first-order chi connectivity index (χ1) is 17.0. The van der Waals surface area contributed by atoms with E-state index in [4.69, 9.17) is 4.74 Å². The van der Waals surface area contributed by atoms with Crippen LogP contribution in [0.25, 0.3) is 11.1 Å². The number of nitrogens with one attached hydrogen (secondary N) is 2. The van der Waals surface area contributed by atoms with Gasteiger partial charge in [-0.05, 0) is 41.5 Å². The molecule has 0 spiro atoms. The van der Waals surface area contributed by atoms with Crippen molar-refractivity contribution in [3.63, 3.8) is 0 Å². The van der Waals surface area contributed by atoms with E-state index in [1.807, 2.05) is 37.3 Å². The number of fused-ring (bicyclic) bond motifs is 3. The fourth-order valence-corrected chi connectivity index (χ4v) is 5.07. The number of alkyl carbamates (subject to hydrolysis) is 1. The fraction of sp³-hybridized carbons (Fsp3) is 0.393. The fourth-order valence-electron chi connectivity index (χ4n) is 5.07. The molecular weight excluding hydrogens is 444 g/mol. The number of benzene rings is 2. The van der Waals surface area contributed by atoms with Crippen LogP contribution in [0.5, 0.6) is 0 Å². The van der Waals surface area contributed by atoms with E-state index in [0.29, 0.717) is 19.3 Å². The van der Waals surface area contributed by atoms with Crippen LogP contribution in [-0.2, 0) is 14.3 Å². The summed E-state index contributed by atoms with van der Waals surface area (Å²) in [7, 11) is 0. The lowest BCUT2D eigenvalue weighted by molar-refractivity contribution is -0.142. The molecule has 0 aliphatic heterocycles. The average molecular weight is 477 g/mol. The van der Waals surface area contributed by atoms with Gasteiger partial charge in [0.15, 0.2) is 0 Å². The first-order valence-corrected chi connectivity index (χ1v) is 12.3. The van der Waals surface area contributed by atoms with Crippen LogP contribution in [0.4, 0.5) is 4.79 Å². The van der Waals surface area contributed by atoms with E-state index in [9.17, 15) is 19.5 Å². The number of carboxylic acids is 1. The van der Waals surface area contributed by atoms with Crippen molar-refractivity contribution in [2.75, 3.05) is 6.61 Å². The molecule has 2 aromatic carbocycles. The van der Waals surface area contributed by atoms with E-state index in [-0.39, 0.29) is 36.9 Å². The zero-order chi connectivity index (χ0) is 24.8. The predicted molar refractivity (Wildman–Crippen MR) is 133 cm³/mol. The summed E-state index contributed by atoms with van der Waals surface area (Å²) in [4.78, 5) is 36.5. The van der Waals surface area contributed by atoms with Crippen LogP contribution in [0.3, 0.4) is 0 Å². The first-order valence-electron chi connectivity index (χ1n) is 12.3. The second-order valence-electron chi connectivity index (χ2n) is 9.27. The van der Waals surface area contributed by atoms with Crippen LogP contribution in [0.2, 0.25) is 0 Å². The highest BCUT2D eigenvalue weighted by Crippen LogP contribution is 2.44. The van der Waals surface area contributed by atoms with Crippen LogP contribution in [-0.4, -0.2) is 41.8 Å². The van der Waals surface area contributed by atoms with Crippen LogP contribution in [0, 0.1) is 5.92 Å². The molecule has 3 atom stereocenters. The Balaban J connectivity index is 1.31. The molecule has 184 valence electrons. The topological polar surface area (TPSA) is 105 Å². The largest absolute Gasteiger partial charge is 0.481 e. The minimum Gasteiger partial charge on any atom is -0.481 e. The predicted octanol–water partition coefficient (Wildman–Crippen LogP) is 4.62. The van der Waals surface area contributed by atoms with Gasteiger partial charge in [-0.25, -0.2) is 4.79 Å². The van der Waals surface area contributed by atoms with E-state index in [0.717, 1.165) is 17.5 Å². The van der Waals surface area contributed by atoms with Gasteiger partial charge in [-0.1, -0.05) is 74.0 Å². The number of carboxylic acid groups (broad SMARTS) is 1. The van der Waals surface area contributed by atoms with Gasteiger partial charge >= 0.3 is 12.1 Å². The second-order valence-corrected chi connectivity index (χ2v) is 9.27. The van der Waals surface area contributed by atoms with E-state index < -0.39 is 18.0 Å². The normalized spacial score (nSPS) is 19.3. The molecular formula is C28H32N2O5. The van der Waals surface area contributed by atoms with Crippen LogP contribution < -0.4 is 10.6 Å². The van der Waals surface area contributed by atoms with Gasteiger partial charge in [0.25, 0.3) is 0 Å². The SMILES string of the molecule is CCC[C@H](CC(=O)N[C@@H]1C=CC[C@@H](C(=O)O)C1)NC(=O)OCC1c2ccccc2-c2ccccc21. The van der Waals surface area contributed by atoms with Crippen LogP contribution >= 0.6 is 0 Å². The molecule has 0 radical (unpaired) electrons. The van der Waals surface area contributed by atoms with E-state index in [1.54, 1.807) is 6.08 Å². The highest BCUT2D eigenvalue weighted by atomic mass is 16.5. The first kappa shape index (κ1) is 24.5. The Morgan fingerprint density at radius 2 is 1.71 bits per heavy atom. The number of ether oxygens (including phenoxy) is 1. The summed E-state index contributed by atoms with van der Waals surface area (Å²) in [5, 5.41) is 15.0. The molecule has 2 aliphatic carbocycles. The Bertz CT molecular complexity index is 1070. The minimum absolute atomic E-state index is 0.0265. The number of allylic oxidation sites excluding steroid dienone is 1. The van der Waals surface area contributed by atoms with Crippen molar-refractivity contribution in [3.05, 3.63) is 71.8 Å². The van der Waals surface area contributed by atoms with Gasteiger partial charge in [0.1, 0.15) is 6.61 Å². The monoisotopic (exact) mass is 476 g/mol. The molecule has 0 saturated heterocycles. The molecule has 7 nitrogen and oxygen atoms in total. The maximum Gasteiger partial charge on any atom is 0.407 e. The summed E-state index contributed by atoms with van der Waals surface area (Å²) >= 11 is 0. The summed E-state index contributed by atoms with van der Waals surface area (Å²) < 4.78 is 5.63. The second kappa shape index (κ2) is 11.2. The Hall–Kier alpha value is -3.61. The average Bonchev–Trinajstić information content (AvgIpc) is 3.16. The standard InChI is InChI=1S/C28H32N2O5/c1-2-8-19(16-26(31)29-20-10-7-9-18(15-20)27(32)33)30-28(34)35-17-25-23-13-5-3-11-21(23)22-12-4-6-14-24(22)25/h3-7,10-14,18-20,25H,2,8-9,15-17H2,1H3,(H,29,31)(H,30,34)(H,32,33)/t18-,19-,20-/m1/s1. The van der Waals surface area contributed by atoms with Crippen molar-refractivity contribution < 1.29 is 24.2 Å². The van der Waals surface area contributed by atoms with Crippen molar-refractivity contribution in [2.24, 2.45) is 5.92 Å². The van der Waals surface area contributed by atoms with Gasteiger partial charge in [-0.2, -0.15) is 0 Å². The molecule has 2 amide bonds. The minimum atomic E-state index is -0.852. The third-order valence-corrected chi connectivity index (χ3v) is 6.76. The number of carbonyl (C=O) groups excluding carboxylic acids is 2. The summed E-state index contributed by atoms with van der Waals surface area (Å²) in [5.74, 6) is -1.59. The molecule has 3 N–H and O–H groups in total. The number of hydrogen-bond acceptors (Lipinski definition) is 4. The lowest BCUT2D eigenvalue weighted by Gasteiger charge is -2.24. The molecule has 0 heterocycles. The van der Waals surface area contributed by atoms with Gasteiger partial charge in [0.2, 0.25) is 5.91 Å². The quantitative estimate of drug-likeness (QED) is 0.458. The molecule has 0 unspecified atom stereocenters. The van der Waals surface area contributed by atoms with Crippen LogP contribution in [0.1, 0.15) is 56.1 Å². The lowest BCUT2D eigenvalue weighted by atomic mass is 9.91. The molecule has 4 rings (SSSR count). The van der Waals surface area contributed by atoms with Gasteiger partial charge < -0.3 is 20.5 Å². The number of amides is 2. The molecule has 0 aromatic heterocycles. The summed E-state index contributed by atoms with van der Waals surface area (Å²) in [5.41, 5.74) is 4.62. The zero-order valence-corrected chi connectivity index (χ0v) is 19.9. The third kappa shape index (κ3) is 5.91. The number of rotatable bonds is 9. The molecule has 2 aromatic rings. The highest BCUT2D eigenvalue weighted by Gasteiger charge is 2.30. The van der Waals surface area contributed by atoms with E-state index in [2.05, 4.69) is 34.9 Å². The van der Waals surface area contributed by atoms with Gasteiger partial charge in [0, 0.05) is 24.4 Å². The maximum atomic E-state index is 12.7. The van der Waals surface area contributed by atoms with Crippen molar-refractivity contribution in [2.45, 2.75) is 57.0 Å². The molecule has 7 heteroatoms. The molecule has 0 fully saturated rings. The lowest BCUT2D eigenvalue weighted by Crippen LogP contribution is -2.43. The Morgan fingerprint density at radius 3 is 2.34 bits per heavy atom. The van der Waals surface area contributed by atoms with Crippen molar-refractivity contribution >= 4 is 18.0 Å². The Kier molecular flexibility index (Phi) is 7.85. The molecule has 35 heavy (non-hydrogen) atoms. The maximum absolute atomic E-state index is 12.7. The Morgan fingerprint density at radius 1 is 1.06 bits per heavy atom. The summed E-state index contributed by atoms with van der Waals surface area (Å²) in [6, 6.07) is 15.7. The summed E-state index contributed by atoms with van der Waals surface area (Å²) in [6.45, 7) is 2.21. The third-order valence-electron chi connectivity index (χ3n) is 6.76.